The Morgan fingerprint density at radius 3 is 2.25 bits per heavy atom. The van der Waals surface area contributed by atoms with Crippen LogP contribution in [0.4, 0.5) is 0 Å². The van der Waals surface area contributed by atoms with Gasteiger partial charge in [-0.2, -0.15) is 0 Å². The topological polar surface area (TPSA) is 35.2 Å². The highest BCUT2D eigenvalue weighted by Crippen LogP contribution is 2.34. The Hall–Kier alpha value is -0.440. The fourth-order valence-corrected chi connectivity index (χ4v) is 1.97. The quantitative estimate of drug-likeness (QED) is 0.907. The molecule has 0 radical (unpaired) electrons. The second-order valence-electron chi connectivity index (χ2n) is 4.52. The first-order chi connectivity index (χ1) is 7.00. The first-order valence-corrected chi connectivity index (χ1v) is 5.56. The van der Waals surface area contributed by atoms with Crippen LogP contribution in [0, 0.1) is 13.8 Å². The van der Waals surface area contributed by atoms with Gasteiger partial charge in [0.2, 0.25) is 0 Å². The second kappa shape index (κ2) is 4.82. The summed E-state index contributed by atoms with van der Waals surface area (Å²) in [5.41, 5.74) is 8.05. The summed E-state index contributed by atoms with van der Waals surface area (Å²) >= 11 is 5.94. The highest BCUT2D eigenvalue weighted by Gasteiger charge is 2.39. The summed E-state index contributed by atoms with van der Waals surface area (Å²) in [6, 6.07) is 3.83. The van der Waals surface area contributed by atoms with Gasteiger partial charge in [-0.25, -0.2) is 0 Å². The van der Waals surface area contributed by atoms with Crippen LogP contribution in [-0.2, 0) is 0 Å². The molecular weight excluding hydrogens is 245 g/mol. The van der Waals surface area contributed by atoms with E-state index in [2.05, 4.69) is 0 Å². The molecule has 1 aromatic carbocycles. The van der Waals surface area contributed by atoms with Crippen LogP contribution in [-0.4, -0.2) is 12.1 Å². The zero-order valence-corrected chi connectivity index (χ0v) is 11.1. The zero-order valence-electron chi connectivity index (χ0n) is 9.55. The fraction of sp³-hybridized carbons (Fsp3) is 0.500. The number of halogens is 2. The van der Waals surface area contributed by atoms with Crippen molar-refractivity contribution in [3.05, 3.63) is 28.3 Å². The van der Waals surface area contributed by atoms with Gasteiger partial charge in [-0.1, -0.05) is 11.6 Å². The molecule has 2 rings (SSSR count). The van der Waals surface area contributed by atoms with Crippen LogP contribution in [0.1, 0.15) is 24.0 Å². The number of aryl methyl sites for hydroxylation is 2. The van der Waals surface area contributed by atoms with Gasteiger partial charge in [0, 0.05) is 5.02 Å². The van der Waals surface area contributed by atoms with E-state index in [-0.39, 0.29) is 17.9 Å². The van der Waals surface area contributed by atoms with Crippen LogP contribution in [0.15, 0.2) is 12.1 Å². The van der Waals surface area contributed by atoms with Crippen LogP contribution in [0.3, 0.4) is 0 Å². The molecule has 1 aromatic rings. The number of hydrogen-bond donors (Lipinski definition) is 1. The maximum Gasteiger partial charge on any atom is 0.125 e. The van der Waals surface area contributed by atoms with E-state index in [0.29, 0.717) is 6.61 Å². The lowest BCUT2D eigenvalue weighted by molar-refractivity contribution is 0.276. The molecule has 0 saturated heterocycles. The summed E-state index contributed by atoms with van der Waals surface area (Å²) < 4.78 is 5.77. The molecule has 1 aliphatic carbocycles. The van der Waals surface area contributed by atoms with Gasteiger partial charge < -0.3 is 10.5 Å². The molecule has 2 N–H and O–H groups in total. The van der Waals surface area contributed by atoms with Gasteiger partial charge in [0.05, 0.1) is 5.54 Å². The van der Waals surface area contributed by atoms with Crippen molar-refractivity contribution in [1.82, 2.24) is 0 Å². The molecule has 2 nitrogen and oxygen atoms in total. The largest absolute Gasteiger partial charge is 0.491 e. The summed E-state index contributed by atoms with van der Waals surface area (Å²) in [6.45, 7) is 4.62. The van der Waals surface area contributed by atoms with Crippen LogP contribution in [0.25, 0.3) is 0 Å². The van der Waals surface area contributed by atoms with Crippen molar-refractivity contribution in [2.75, 3.05) is 6.61 Å². The fourth-order valence-electron chi connectivity index (χ4n) is 1.65. The van der Waals surface area contributed by atoms with Gasteiger partial charge in [0.1, 0.15) is 12.4 Å². The third-order valence-electron chi connectivity index (χ3n) is 2.82. The van der Waals surface area contributed by atoms with Crippen molar-refractivity contribution in [1.29, 1.82) is 0 Å². The maximum atomic E-state index is 5.97. The number of ether oxygens (including phenoxy) is 1. The molecular formula is C12H17Cl2NO. The Kier molecular flexibility index (Phi) is 4.11. The summed E-state index contributed by atoms with van der Waals surface area (Å²) in [4.78, 5) is 0. The van der Waals surface area contributed by atoms with Crippen molar-refractivity contribution in [3.8, 4) is 5.75 Å². The van der Waals surface area contributed by atoms with Crippen LogP contribution >= 0.6 is 24.0 Å². The Bertz CT molecular complexity index is 366. The lowest BCUT2D eigenvalue weighted by atomic mass is 10.1. The Balaban J connectivity index is 0.00000128. The molecule has 0 atom stereocenters. The standard InChI is InChI=1S/C12H16ClNO.ClH/c1-8-5-10(13)6-9(2)11(8)15-7-12(14)3-4-12;/h5-6H,3-4,7,14H2,1-2H3;1H. The van der Waals surface area contributed by atoms with Gasteiger partial charge in [0.15, 0.2) is 0 Å². The molecule has 1 saturated carbocycles. The first kappa shape index (κ1) is 13.6. The Morgan fingerprint density at radius 2 is 1.81 bits per heavy atom. The lowest BCUT2D eigenvalue weighted by Gasteiger charge is -2.15. The molecule has 0 aliphatic heterocycles. The molecule has 1 aliphatic rings. The highest BCUT2D eigenvalue weighted by atomic mass is 35.5. The molecule has 16 heavy (non-hydrogen) atoms. The normalized spacial score (nSPS) is 16.5. The molecule has 0 bridgehead atoms. The summed E-state index contributed by atoms with van der Waals surface area (Å²) in [5.74, 6) is 0.927. The van der Waals surface area contributed by atoms with Crippen molar-refractivity contribution >= 4 is 24.0 Å². The molecule has 0 unspecified atom stereocenters. The average Bonchev–Trinajstić information content (AvgIpc) is 2.82. The maximum absolute atomic E-state index is 5.97. The molecule has 0 aromatic heterocycles. The number of rotatable bonds is 3. The van der Waals surface area contributed by atoms with Crippen molar-refractivity contribution in [2.45, 2.75) is 32.2 Å². The third-order valence-corrected chi connectivity index (χ3v) is 3.04. The van der Waals surface area contributed by atoms with E-state index in [1.165, 1.54) is 0 Å². The van der Waals surface area contributed by atoms with Crippen molar-refractivity contribution in [3.63, 3.8) is 0 Å². The molecule has 4 heteroatoms. The van der Waals surface area contributed by atoms with Gasteiger partial charge >= 0.3 is 0 Å². The SMILES string of the molecule is Cc1cc(Cl)cc(C)c1OCC1(N)CC1.Cl. The van der Waals surface area contributed by atoms with Crippen LogP contribution in [0.2, 0.25) is 5.02 Å². The Morgan fingerprint density at radius 1 is 1.31 bits per heavy atom. The van der Waals surface area contributed by atoms with E-state index in [1.807, 2.05) is 26.0 Å². The summed E-state index contributed by atoms with van der Waals surface area (Å²) in [6.07, 6.45) is 2.14. The van der Waals surface area contributed by atoms with Crippen LogP contribution < -0.4 is 10.5 Å². The van der Waals surface area contributed by atoms with E-state index in [4.69, 9.17) is 22.1 Å². The number of benzene rings is 1. The van der Waals surface area contributed by atoms with Crippen LogP contribution in [0.5, 0.6) is 5.75 Å². The molecule has 0 spiro atoms. The van der Waals surface area contributed by atoms with Gasteiger partial charge in [-0.3, -0.25) is 0 Å². The minimum atomic E-state index is -0.0709. The van der Waals surface area contributed by atoms with Crippen molar-refractivity contribution in [2.24, 2.45) is 5.73 Å². The second-order valence-corrected chi connectivity index (χ2v) is 4.96. The number of nitrogens with two attached hydrogens (primary N) is 1. The Labute approximate surface area is 108 Å². The summed E-state index contributed by atoms with van der Waals surface area (Å²) in [5, 5.41) is 0.756. The predicted molar refractivity (Wildman–Crippen MR) is 69.8 cm³/mol. The number of hydrogen-bond acceptors (Lipinski definition) is 2. The van der Waals surface area contributed by atoms with Gasteiger partial charge in [0.25, 0.3) is 0 Å². The first-order valence-electron chi connectivity index (χ1n) is 5.19. The lowest BCUT2D eigenvalue weighted by Crippen LogP contribution is -2.30. The average molecular weight is 262 g/mol. The van der Waals surface area contributed by atoms with Gasteiger partial charge in [-0.05, 0) is 49.9 Å². The van der Waals surface area contributed by atoms with E-state index < -0.39 is 0 Å². The minimum absolute atomic E-state index is 0. The molecule has 0 heterocycles. The third kappa shape index (κ3) is 3.03. The summed E-state index contributed by atoms with van der Waals surface area (Å²) in [7, 11) is 0. The van der Waals surface area contributed by atoms with Gasteiger partial charge in [-0.15, -0.1) is 12.4 Å². The minimum Gasteiger partial charge on any atom is -0.491 e. The van der Waals surface area contributed by atoms with E-state index in [1.54, 1.807) is 0 Å². The van der Waals surface area contributed by atoms with E-state index in [9.17, 15) is 0 Å². The monoisotopic (exact) mass is 261 g/mol. The molecule has 0 amide bonds. The van der Waals surface area contributed by atoms with E-state index >= 15 is 0 Å². The highest BCUT2D eigenvalue weighted by molar-refractivity contribution is 6.30. The van der Waals surface area contributed by atoms with Crippen molar-refractivity contribution < 1.29 is 4.74 Å². The molecule has 90 valence electrons. The predicted octanol–water partition coefficient (Wildman–Crippen LogP) is 3.25. The van der Waals surface area contributed by atoms with E-state index in [0.717, 1.165) is 34.7 Å². The smallest absolute Gasteiger partial charge is 0.125 e. The molecule has 1 fully saturated rings. The zero-order chi connectivity index (χ0) is 11.1.